The molecule has 2 heterocycles. The molecule has 0 N–H and O–H groups in total. The monoisotopic (exact) mass is 558 g/mol. The largest absolute Gasteiger partial charge is 0.441 e. The lowest BCUT2D eigenvalue weighted by Gasteiger charge is -2.37. The smallest absolute Gasteiger partial charge is 0.415 e. The summed E-state index contributed by atoms with van der Waals surface area (Å²) in [5, 5.41) is 0. The number of nitrogens with zero attached hydrogens (tertiary/aromatic N) is 2. The van der Waals surface area contributed by atoms with Crippen molar-refractivity contribution in [3.05, 3.63) is 89.0 Å². The van der Waals surface area contributed by atoms with Gasteiger partial charge in [-0.2, -0.15) is 9.59 Å². The van der Waals surface area contributed by atoms with Gasteiger partial charge in [0.1, 0.15) is 5.60 Å². The molecule has 2 aliphatic carbocycles. The lowest BCUT2D eigenvalue weighted by atomic mass is 9.87. The molecule has 8 heteroatoms. The van der Waals surface area contributed by atoms with E-state index >= 15 is 0 Å². The van der Waals surface area contributed by atoms with Crippen LogP contribution < -0.4 is 4.90 Å². The van der Waals surface area contributed by atoms with Crippen LogP contribution in [-0.4, -0.2) is 42.4 Å². The van der Waals surface area contributed by atoms with Crippen LogP contribution >= 0.6 is 0 Å². The SMILES string of the molecule is O=C1OC2(CCN(Cc3cc(C4CC4)c(-c4ccc(F)c(F)c4)c(C4CC4)c3)CC2)CN1c1ccccc1.O=C=O. The van der Waals surface area contributed by atoms with E-state index in [2.05, 4.69) is 17.0 Å². The Kier molecular flexibility index (Phi) is 7.45. The van der Waals surface area contributed by atoms with Crippen LogP contribution in [0.25, 0.3) is 11.1 Å². The van der Waals surface area contributed by atoms with E-state index in [9.17, 15) is 13.6 Å². The Labute approximate surface area is 237 Å². The number of piperidine rings is 1. The number of halogens is 2. The first-order valence-corrected chi connectivity index (χ1v) is 14.3. The molecule has 4 aliphatic rings. The highest BCUT2D eigenvalue weighted by Gasteiger charge is 2.47. The molecular formula is C33H32F2N2O4. The Morgan fingerprint density at radius 1 is 0.854 bits per heavy atom. The number of rotatable bonds is 6. The number of hydrogen-bond acceptors (Lipinski definition) is 5. The molecule has 0 unspecified atom stereocenters. The maximum absolute atomic E-state index is 14.2. The van der Waals surface area contributed by atoms with Gasteiger partial charge in [0, 0.05) is 38.2 Å². The number of amides is 1. The molecule has 2 aliphatic heterocycles. The topological polar surface area (TPSA) is 66.9 Å². The predicted octanol–water partition coefficient (Wildman–Crippen LogP) is 6.79. The number of benzene rings is 3. The zero-order valence-electron chi connectivity index (χ0n) is 22.8. The van der Waals surface area contributed by atoms with Crippen molar-refractivity contribution < 1.29 is 27.9 Å². The Hall–Kier alpha value is -3.87. The Bertz CT molecular complexity index is 1440. The molecule has 7 rings (SSSR count). The maximum Gasteiger partial charge on any atom is 0.415 e. The van der Waals surface area contributed by atoms with Crippen molar-refractivity contribution in [3.8, 4) is 11.1 Å². The van der Waals surface area contributed by atoms with Crippen molar-refractivity contribution in [2.24, 2.45) is 0 Å². The van der Waals surface area contributed by atoms with E-state index in [-0.39, 0.29) is 12.2 Å². The van der Waals surface area contributed by atoms with Crippen LogP contribution in [0.2, 0.25) is 0 Å². The Balaban J connectivity index is 0.000000967. The summed E-state index contributed by atoms with van der Waals surface area (Å²) < 4.78 is 33.9. The van der Waals surface area contributed by atoms with Gasteiger partial charge in [0.25, 0.3) is 0 Å². The molecule has 0 radical (unpaired) electrons. The van der Waals surface area contributed by atoms with E-state index in [1.165, 1.54) is 28.8 Å². The van der Waals surface area contributed by atoms with E-state index in [0.29, 0.717) is 18.4 Å². The second kappa shape index (κ2) is 11.2. The molecule has 6 nitrogen and oxygen atoms in total. The fraction of sp³-hybridized carbons (Fsp3) is 0.394. The van der Waals surface area contributed by atoms with Gasteiger partial charge in [-0.15, -0.1) is 0 Å². The first-order chi connectivity index (χ1) is 19.9. The molecule has 4 fully saturated rings. The Morgan fingerprint density at radius 3 is 2.02 bits per heavy atom. The normalized spacial score (nSPS) is 19.9. The number of anilines is 1. The van der Waals surface area contributed by atoms with E-state index in [1.54, 1.807) is 11.0 Å². The van der Waals surface area contributed by atoms with Crippen LogP contribution in [0.5, 0.6) is 0 Å². The van der Waals surface area contributed by atoms with Gasteiger partial charge in [-0.25, -0.2) is 13.6 Å². The number of carbonyl (C=O) groups excluding carboxylic acids is 3. The quantitative estimate of drug-likeness (QED) is 0.333. The molecule has 3 aromatic rings. The zero-order chi connectivity index (χ0) is 28.6. The summed E-state index contributed by atoms with van der Waals surface area (Å²) in [5.74, 6) is -0.575. The molecule has 212 valence electrons. The van der Waals surface area contributed by atoms with E-state index in [4.69, 9.17) is 14.3 Å². The second-order valence-corrected chi connectivity index (χ2v) is 11.7. The van der Waals surface area contributed by atoms with Crippen LogP contribution in [0, 0.1) is 11.6 Å². The molecule has 3 aromatic carbocycles. The molecule has 0 atom stereocenters. The highest BCUT2D eigenvalue weighted by Crippen LogP contribution is 2.51. The van der Waals surface area contributed by atoms with Gasteiger partial charge in [-0.1, -0.05) is 36.4 Å². The number of para-hydroxylation sites is 1. The molecule has 2 saturated carbocycles. The summed E-state index contributed by atoms with van der Waals surface area (Å²) in [6, 6.07) is 18.7. The average molecular weight is 559 g/mol. The Morgan fingerprint density at radius 2 is 1.46 bits per heavy atom. The summed E-state index contributed by atoms with van der Waals surface area (Å²) in [7, 11) is 0. The summed E-state index contributed by atoms with van der Waals surface area (Å²) in [4.78, 5) is 33.1. The average Bonchev–Trinajstić information content (AvgIpc) is 3.90. The van der Waals surface area contributed by atoms with Crippen molar-refractivity contribution in [2.75, 3.05) is 24.5 Å². The van der Waals surface area contributed by atoms with Gasteiger partial charge in [-0.05, 0) is 89.6 Å². The van der Waals surface area contributed by atoms with Crippen molar-refractivity contribution in [2.45, 2.75) is 62.5 Å². The standard InChI is InChI=1S/C32H32F2N2O2.CO2/c33-28-11-10-24(18-29(28)34)30-26(22-6-7-22)16-21(17-27(30)23-8-9-23)19-35-14-12-32(13-15-35)20-36(31(37)38-32)25-4-2-1-3-5-25;2-1-3/h1-5,10-11,16-18,22-23H,6-9,12-15,19-20H2;. The van der Waals surface area contributed by atoms with E-state index < -0.39 is 17.2 Å². The van der Waals surface area contributed by atoms with Crippen molar-refractivity contribution >= 4 is 17.9 Å². The van der Waals surface area contributed by atoms with Gasteiger partial charge < -0.3 is 4.74 Å². The lowest BCUT2D eigenvalue weighted by molar-refractivity contribution is -0.191. The van der Waals surface area contributed by atoms with Crippen molar-refractivity contribution in [1.82, 2.24) is 4.90 Å². The molecular weight excluding hydrogens is 526 g/mol. The summed E-state index contributed by atoms with van der Waals surface area (Å²) in [6.07, 6.45) is 6.25. The van der Waals surface area contributed by atoms with Gasteiger partial charge in [0.05, 0.1) is 6.54 Å². The van der Waals surface area contributed by atoms with Crippen molar-refractivity contribution in [1.29, 1.82) is 0 Å². The minimum Gasteiger partial charge on any atom is -0.441 e. The molecule has 0 aromatic heterocycles. The highest BCUT2D eigenvalue weighted by atomic mass is 19.2. The first-order valence-electron chi connectivity index (χ1n) is 14.3. The van der Waals surface area contributed by atoms with Gasteiger partial charge in [0.15, 0.2) is 11.6 Å². The summed E-state index contributed by atoms with van der Waals surface area (Å²) >= 11 is 0. The van der Waals surface area contributed by atoms with E-state index in [0.717, 1.165) is 75.0 Å². The molecule has 41 heavy (non-hydrogen) atoms. The van der Waals surface area contributed by atoms with Crippen LogP contribution in [0.1, 0.15) is 67.1 Å². The third-order valence-corrected chi connectivity index (χ3v) is 8.71. The number of hydrogen-bond donors (Lipinski definition) is 0. The van der Waals surface area contributed by atoms with Crippen LogP contribution in [0.15, 0.2) is 60.7 Å². The van der Waals surface area contributed by atoms with Crippen molar-refractivity contribution in [3.63, 3.8) is 0 Å². The first kappa shape index (κ1) is 27.3. The molecule has 1 amide bonds. The summed E-state index contributed by atoms with van der Waals surface area (Å²) in [6.45, 7) is 3.20. The minimum absolute atomic E-state index is 0.249. The van der Waals surface area contributed by atoms with Crippen LogP contribution in [0.4, 0.5) is 19.3 Å². The summed E-state index contributed by atoms with van der Waals surface area (Å²) in [5.41, 5.74) is 6.29. The molecule has 1 spiro atoms. The van der Waals surface area contributed by atoms with Gasteiger partial charge in [0.2, 0.25) is 0 Å². The number of ether oxygens (including phenoxy) is 1. The van der Waals surface area contributed by atoms with Gasteiger partial charge >= 0.3 is 12.2 Å². The molecule has 0 bridgehead atoms. The van der Waals surface area contributed by atoms with Crippen LogP contribution in [-0.2, 0) is 20.9 Å². The fourth-order valence-corrected chi connectivity index (χ4v) is 6.33. The number of carbonyl (C=O) groups is 1. The fourth-order valence-electron chi connectivity index (χ4n) is 6.33. The lowest BCUT2D eigenvalue weighted by Crippen LogP contribution is -2.46. The van der Waals surface area contributed by atoms with E-state index in [1.807, 2.05) is 30.3 Å². The predicted molar refractivity (Wildman–Crippen MR) is 148 cm³/mol. The molecule has 2 saturated heterocycles. The highest BCUT2D eigenvalue weighted by molar-refractivity contribution is 5.90. The maximum atomic E-state index is 14.2. The van der Waals surface area contributed by atoms with Crippen LogP contribution in [0.3, 0.4) is 0 Å². The van der Waals surface area contributed by atoms with Gasteiger partial charge in [-0.3, -0.25) is 9.80 Å². The third-order valence-electron chi connectivity index (χ3n) is 8.71. The third kappa shape index (κ3) is 5.81. The zero-order valence-corrected chi connectivity index (χ0v) is 22.8. The second-order valence-electron chi connectivity index (χ2n) is 11.7. The minimum atomic E-state index is -0.797. The number of likely N-dealkylation sites (tertiary alicyclic amines) is 1.